The van der Waals surface area contributed by atoms with E-state index in [1.807, 2.05) is 13.0 Å². The Hall–Kier alpha value is -3.16. The minimum atomic E-state index is -4.40. The fraction of sp³-hybridized carbons (Fsp3) is 0.444. The first-order chi connectivity index (χ1) is 16.7. The summed E-state index contributed by atoms with van der Waals surface area (Å²) in [4.78, 5) is 17.0. The van der Waals surface area contributed by atoms with Crippen LogP contribution in [0, 0.1) is 29.6 Å². The number of benzene rings is 1. The van der Waals surface area contributed by atoms with E-state index in [1.165, 1.54) is 6.07 Å². The van der Waals surface area contributed by atoms with Crippen LogP contribution in [0.5, 0.6) is 0 Å². The Balaban J connectivity index is 1.40. The van der Waals surface area contributed by atoms with Crippen molar-refractivity contribution in [1.29, 1.82) is 0 Å². The summed E-state index contributed by atoms with van der Waals surface area (Å²) in [5.74, 6) is 0.512. The van der Waals surface area contributed by atoms with Crippen molar-refractivity contribution >= 4 is 17.8 Å². The van der Waals surface area contributed by atoms with E-state index in [2.05, 4.69) is 16.2 Å². The number of hydrogen-bond acceptors (Lipinski definition) is 5. The number of rotatable bonds is 3. The van der Waals surface area contributed by atoms with Gasteiger partial charge >= 0.3 is 12.1 Å². The van der Waals surface area contributed by atoms with Gasteiger partial charge in [0, 0.05) is 17.7 Å². The molecule has 35 heavy (non-hydrogen) atoms. The Bertz CT molecular complexity index is 1160. The van der Waals surface area contributed by atoms with E-state index in [1.54, 1.807) is 24.4 Å². The molecule has 184 valence electrons. The van der Waals surface area contributed by atoms with Crippen LogP contribution in [0.15, 0.2) is 53.8 Å². The van der Waals surface area contributed by atoms with Gasteiger partial charge in [-0.3, -0.25) is 9.78 Å². The monoisotopic (exact) mass is 484 g/mol. The van der Waals surface area contributed by atoms with E-state index in [0.29, 0.717) is 29.2 Å². The number of carbonyl (C=O) groups is 1. The molecule has 5 rings (SSSR count). The predicted octanol–water partition coefficient (Wildman–Crippen LogP) is 6.22. The van der Waals surface area contributed by atoms with Crippen LogP contribution >= 0.6 is 0 Å². The minimum absolute atomic E-state index is 0.0578. The van der Waals surface area contributed by atoms with Gasteiger partial charge in [-0.15, -0.1) is 0 Å². The number of oxime groups is 1. The minimum Gasteiger partial charge on any atom is -0.462 e. The van der Waals surface area contributed by atoms with Gasteiger partial charge in [0.2, 0.25) is 0 Å². The first-order valence-electron chi connectivity index (χ1n) is 12.0. The highest BCUT2D eigenvalue weighted by molar-refractivity contribution is 5.85. The SMILES string of the molecule is CC1OC(=O)C2CC3CC/C(=N/O)CC3[C@H](/C=C/c3ccc(-c4cccc(C(F)(F)F)c4)cn3)C12. The quantitative estimate of drug-likeness (QED) is 0.319. The van der Waals surface area contributed by atoms with Crippen LogP contribution in [0.25, 0.3) is 17.2 Å². The largest absolute Gasteiger partial charge is 0.462 e. The molecular weight excluding hydrogens is 457 g/mol. The van der Waals surface area contributed by atoms with Crippen LogP contribution in [0.4, 0.5) is 13.2 Å². The standard InChI is InChI=1S/C27H27F3N2O3/c1-15-25-22(23-13-21(32-34)8-5-17(23)12-24(25)26(33)35-15)10-9-20-7-6-18(14-31-20)16-3-2-4-19(11-16)27(28,29)30/h2-4,6-7,9-11,14-15,17,22-25,34H,5,8,12-13H2,1H3/b10-9+,32-21-/t15?,17?,22-,23?,24?,25?/m0/s1. The fourth-order valence-electron chi connectivity index (χ4n) is 6.25. The molecule has 8 heteroatoms. The van der Waals surface area contributed by atoms with Crippen molar-refractivity contribution < 1.29 is 27.9 Å². The average Bonchev–Trinajstić information content (AvgIpc) is 3.14. The van der Waals surface area contributed by atoms with Crippen molar-refractivity contribution in [1.82, 2.24) is 4.98 Å². The van der Waals surface area contributed by atoms with Crippen LogP contribution in [-0.2, 0) is 15.7 Å². The lowest BCUT2D eigenvalue weighted by Crippen LogP contribution is -2.44. The van der Waals surface area contributed by atoms with Gasteiger partial charge in [-0.2, -0.15) is 13.2 Å². The maximum Gasteiger partial charge on any atom is 0.416 e. The highest BCUT2D eigenvalue weighted by atomic mass is 19.4. The van der Waals surface area contributed by atoms with Gasteiger partial charge in [0.1, 0.15) is 6.10 Å². The topological polar surface area (TPSA) is 71.8 Å². The molecule has 3 aliphatic rings. The summed E-state index contributed by atoms with van der Waals surface area (Å²) in [6.07, 6.45) is 4.15. The summed E-state index contributed by atoms with van der Waals surface area (Å²) in [7, 11) is 0. The maximum absolute atomic E-state index is 13.1. The molecular formula is C27H27F3N2O3. The number of fused-ring (bicyclic) bond motifs is 2. The van der Waals surface area contributed by atoms with Crippen LogP contribution in [0.3, 0.4) is 0 Å². The molecule has 1 saturated heterocycles. The fourth-order valence-corrected chi connectivity index (χ4v) is 6.25. The van der Waals surface area contributed by atoms with Gasteiger partial charge in [0.15, 0.2) is 0 Å². The molecule has 3 fully saturated rings. The molecule has 0 amide bonds. The number of pyridine rings is 1. The molecule has 0 spiro atoms. The number of nitrogens with zero attached hydrogens (tertiary/aromatic N) is 2. The average molecular weight is 485 g/mol. The van der Waals surface area contributed by atoms with Crippen molar-refractivity contribution in [2.24, 2.45) is 34.7 Å². The molecule has 5 nitrogen and oxygen atoms in total. The van der Waals surface area contributed by atoms with Crippen molar-refractivity contribution in [3.8, 4) is 11.1 Å². The third kappa shape index (κ3) is 4.58. The zero-order valence-corrected chi connectivity index (χ0v) is 19.3. The molecule has 2 aliphatic carbocycles. The summed E-state index contributed by atoms with van der Waals surface area (Å²) in [6, 6.07) is 8.74. The first-order valence-corrected chi connectivity index (χ1v) is 12.0. The van der Waals surface area contributed by atoms with Gasteiger partial charge in [0.05, 0.1) is 22.9 Å². The summed E-state index contributed by atoms with van der Waals surface area (Å²) in [5, 5.41) is 12.8. The van der Waals surface area contributed by atoms with Crippen molar-refractivity contribution in [2.75, 3.05) is 0 Å². The lowest BCUT2D eigenvalue weighted by atomic mass is 9.57. The highest BCUT2D eigenvalue weighted by Gasteiger charge is 2.54. The number of hydrogen-bond donors (Lipinski definition) is 1. The molecule has 0 bridgehead atoms. The van der Waals surface area contributed by atoms with Gasteiger partial charge in [-0.25, -0.2) is 0 Å². The van der Waals surface area contributed by atoms with E-state index in [0.717, 1.165) is 37.1 Å². The van der Waals surface area contributed by atoms with E-state index >= 15 is 0 Å². The molecule has 0 radical (unpaired) electrons. The normalized spacial score (nSPS) is 31.9. The lowest BCUT2D eigenvalue weighted by Gasteiger charge is -2.45. The summed E-state index contributed by atoms with van der Waals surface area (Å²) < 4.78 is 44.8. The first kappa shape index (κ1) is 23.6. The second kappa shape index (κ2) is 9.13. The van der Waals surface area contributed by atoms with Crippen LogP contribution in [-0.4, -0.2) is 28.0 Å². The maximum atomic E-state index is 13.1. The van der Waals surface area contributed by atoms with Gasteiger partial charge in [-0.05, 0) is 80.2 Å². The number of halogens is 3. The smallest absolute Gasteiger partial charge is 0.416 e. The Labute approximate surface area is 201 Å². The Kier molecular flexibility index (Phi) is 6.15. The van der Waals surface area contributed by atoms with E-state index in [-0.39, 0.29) is 35.7 Å². The molecule has 1 N–H and O–H groups in total. The third-order valence-corrected chi connectivity index (χ3v) is 7.93. The number of allylic oxidation sites excluding steroid dienone is 1. The van der Waals surface area contributed by atoms with Gasteiger partial charge in [-0.1, -0.05) is 29.4 Å². The zero-order chi connectivity index (χ0) is 24.7. The summed E-state index contributed by atoms with van der Waals surface area (Å²) >= 11 is 0. The number of aromatic nitrogens is 1. The number of esters is 1. The van der Waals surface area contributed by atoms with E-state index in [9.17, 15) is 23.2 Å². The number of carbonyl (C=O) groups excluding carboxylic acids is 1. The van der Waals surface area contributed by atoms with Crippen LogP contribution < -0.4 is 0 Å². The molecule has 2 aromatic rings. The summed E-state index contributed by atoms with van der Waals surface area (Å²) in [5.41, 5.74) is 1.84. The molecule has 2 saturated carbocycles. The number of ether oxygens (including phenoxy) is 1. The Morgan fingerprint density at radius 1 is 1.20 bits per heavy atom. The number of alkyl halides is 3. The highest BCUT2D eigenvalue weighted by Crippen LogP contribution is 2.53. The predicted molar refractivity (Wildman–Crippen MR) is 124 cm³/mol. The summed E-state index contributed by atoms with van der Waals surface area (Å²) in [6.45, 7) is 1.94. The van der Waals surface area contributed by atoms with Crippen molar-refractivity contribution in [3.63, 3.8) is 0 Å². The molecule has 5 unspecified atom stereocenters. The zero-order valence-electron chi connectivity index (χ0n) is 19.3. The second-order valence-electron chi connectivity index (χ2n) is 9.88. The second-order valence-corrected chi connectivity index (χ2v) is 9.88. The molecule has 2 heterocycles. The van der Waals surface area contributed by atoms with Crippen molar-refractivity contribution in [3.05, 3.63) is 59.9 Å². The van der Waals surface area contributed by atoms with E-state index in [4.69, 9.17) is 4.74 Å². The van der Waals surface area contributed by atoms with Gasteiger partial charge in [0.25, 0.3) is 0 Å². The lowest BCUT2D eigenvalue weighted by molar-refractivity contribution is -0.144. The molecule has 1 aliphatic heterocycles. The van der Waals surface area contributed by atoms with Crippen LogP contribution in [0.1, 0.15) is 43.9 Å². The molecule has 1 aromatic heterocycles. The molecule has 6 atom stereocenters. The third-order valence-electron chi connectivity index (χ3n) is 7.93. The van der Waals surface area contributed by atoms with Crippen LogP contribution in [0.2, 0.25) is 0 Å². The Morgan fingerprint density at radius 2 is 2.03 bits per heavy atom. The number of cyclic esters (lactones) is 1. The van der Waals surface area contributed by atoms with Gasteiger partial charge < -0.3 is 9.94 Å². The van der Waals surface area contributed by atoms with Crippen molar-refractivity contribution in [2.45, 2.75) is 44.9 Å². The van der Waals surface area contributed by atoms with E-state index < -0.39 is 11.7 Å². The molecule has 1 aromatic carbocycles. The Morgan fingerprint density at radius 3 is 2.74 bits per heavy atom.